The normalized spacial score (nSPS) is 18.6. The monoisotopic (exact) mass is 264 g/mol. The van der Waals surface area contributed by atoms with Gasteiger partial charge in [-0.05, 0) is 31.5 Å². The highest BCUT2D eigenvalue weighted by atomic mass is 19.2. The molecule has 5 heteroatoms. The van der Waals surface area contributed by atoms with E-state index < -0.39 is 11.6 Å². The molecule has 1 aliphatic heterocycles. The van der Waals surface area contributed by atoms with Crippen LogP contribution in [-0.4, -0.2) is 18.6 Å². The van der Waals surface area contributed by atoms with E-state index in [0.717, 1.165) is 11.3 Å². The largest absolute Gasteiger partial charge is 0.373 e. The fourth-order valence-corrected chi connectivity index (χ4v) is 2.63. The molecule has 3 rings (SSSR count). The van der Waals surface area contributed by atoms with Crippen molar-refractivity contribution in [3.8, 4) is 0 Å². The lowest BCUT2D eigenvalue weighted by Gasteiger charge is -2.26. The zero-order chi connectivity index (χ0) is 13.6. The number of nitrogens with one attached hydrogen (secondary N) is 1. The smallest absolute Gasteiger partial charge is 0.159 e. The molecule has 1 N–H and O–H groups in total. The summed E-state index contributed by atoms with van der Waals surface area (Å²) < 4.78 is 32.4. The van der Waals surface area contributed by atoms with Crippen LogP contribution in [0.3, 0.4) is 0 Å². The number of likely N-dealkylation sites (N-methyl/N-ethyl adjacent to an activating group) is 1. The van der Waals surface area contributed by atoms with Gasteiger partial charge in [-0.25, -0.2) is 8.78 Å². The summed E-state index contributed by atoms with van der Waals surface area (Å²) in [5, 5.41) is 4.49. The first-order valence-electron chi connectivity index (χ1n) is 6.15. The molecule has 100 valence electrons. The Balaban J connectivity index is 2.38. The van der Waals surface area contributed by atoms with Gasteiger partial charge in [0.25, 0.3) is 0 Å². The molecule has 0 radical (unpaired) electrons. The van der Waals surface area contributed by atoms with Gasteiger partial charge < -0.3 is 10.1 Å². The number of aryl methyl sites for hydroxylation is 1. The zero-order valence-electron chi connectivity index (χ0n) is 10.8. The Bertz CT molecular complexity index is 658. The number of ether oxygens (including phenoxy) is 1. The van der Waals surface area contributed by atoms with Gasteiger partial charge in [0, 0.05) is 16.6 Å². The molecule has 0 saturated heterocycles. The van der Waals surface area contributed by atoms with Crippen molar-refractivity contribution >= 4 is 10.8 Å². The third-order valence-electron chi connectivity index (χ3n) is 3.57. The summed E-state index contributed by atoms with van der Waals surface area (Å²) >= 11 is 0. The first-order valence-corrected chi connectivity index (χ1v) is 6.15. The minimum atomic E-state index is -0.842. The molecule has 0 fully saturated rings. The van der Waals surface area contributed by atoms with Crippen molar-refractivity contribution in [2.24, 2.45) is 0 Å². The van der Waals surface area contributed by atoms with Crippen LogP contribution in [0.1, 0.15) is 23.0 Å². The van der Waals surface area contributed by atoms with E-state index in [9.17, 15) is 8.78 Å². The lowest BCUT2D eigenvalue weighted by Crippen LogP contribution is -2.28. The van der Waals surface area contributed by atoms with Crippen molar-refractivity contribution in [1.82, 2.24) is 10.3 Å². The molecule has 19 heavy (non-hydrogen) atoms. The van der Waals surface area contributed by atoms with E-state index in [4.69, 9.17) is 4.74 Å². The number of fused-ring (bicyclic) bond motifs is 3. The SMILES string of the molecule is CNC1COCc2nc(C)c3cc(F)c(F)cc3c21. The Kier molecular flexibility index (Phi) is 2.95. The molecule has 0 aliphatic carbocycles. The van der Waals surface area contributed by atoms with Crippen molar-refractivity contribution < 1.29 is 13.5 Å². The molecule has 2 aromatic rings. The lowest BCUT2D eigenvalue weighted by atomic mass is 9.95. The van der Waals surface area contributed by atoms with Crippen molar-refractivity contribution in [2.75, 3.05) is 13.7 Å². The molecular weight excluding hydrogens is 250 g/mol. The highest BCUT2D eigenvalue weighted by molar-refractivity contribution is 5.88. The fraction of sp³-hybridized carbons (Fsp3) is 0.357. The predicted molar refractivity (Wildman–Crippen MR) is 67.9 cm³/mol. The van der Waals surface area contributed by atoms with Gasteiger partial charge in [0.1, 0.15) is 0 Å². The van der Waals surface area contributed by atoms with Crippen LogP contribution in [0.15, 0.2) is 12.1 Å². The number of pyridine rings is 1. The third-order valence-corrected chi connectivity index (χ3v) is 3.57. The summed E-state index contributed by atoms with van der Waals surface area (Å²) in [4.78, 5) is 4.46. The molecule has 0 saturated carbocycles. The Morgan fingerprint density at radius 2 is 1.95 bits per heavy atom. The van der Waals surface area contributed by atoms with Crippen LogP contribution < -0.4 is 5.32 Å². The molecule has 0 bridgehead atoms. The lowest BCUT2D eigenvalue weighted by molar-refractivity contribution is 0.0819. The molecule has 0 amide bonds. The summed E-state index contributed by atoms with van der Waals surface area (Å²) in [6, 6.07) is 2.42. The highest BCUT2D eigenvalue weighted by Crippen LogP contribution is 2.33. The molecule has 1 aliphatic rings. The Hall–Kier alpha value is -1.59. The van der Waals surface area contributed by atoms with Gasteiger partial charge in [-0.15, -0.1) is 0 Å². The van der Waals surface area contributed by atoms with Crippen LogP contribution in [-0.2, 0) is 11.3 Å². The van der Waals surface area contributed by atoms with Gasteiger partial charge in [0.2, 0.25) is 0 Å². The standard InChI is InChI=1S/C14H14F2N2O/c1-7-8-3-10(15)11(16)4-9(8)14-12(17-2)5-19-6-13(14)18-7/h3-4,12,17H,5-6H2,1-2H3. The Morgan fingerprint density at radius 3 is 2.63 bits per heavy atom. The number of aromatic nitrogens is 1. The van der Waals surface area contributed by atoms with E-state index >= 15 is 0 Å². The van der Waals surface area contributed by atoms with Gasteiger partial charge in [0.05, 0.1) is 24.9 Å². The number of nitrogens with zero attached hydrogens (tertiary/aromatic N) is 1. The molecular formula is C14H14F2N2O. The van der Waals surface area contributed by atoms with Crippen molar-refractivity contribution in [3.63, 3.8) is 0 Å². The van der Waals surface area contributed by atoms with Crippen molar-refractivity contribution in [1.29, 1.82) is 0 Å². The van der Waals surface area contributed by atoms with Crippen LogP contribution in [0.5, 0.6) is 0 Å². The van der Waals surface area contributed by atoms with E-state index in [1.54, 1.807) is 6.92 Å². The highest BCUT2D eigenvalue weighted by Gasteiger charge is 2.24. The molecule has 2 heterocycles. The first kappa shape index (κ1) is 12.4. The minimum absolute atomic E-state index is 0.0517. The molecule has 3 nitrogen and oxygen atoms in total. The second-order valence-electron chi connectivity index (χ2n) is 4.73. The Labute approximate surface area is 109 Å². The van der Waals surface area contributed by atoms with Gasteiger partial charge >= 0.3 is 0 Å². The summed E-state index contributed by atoms with van der Waals surface area (Å²) in [6.07, 6.45) is 0. The number of rotatable bonds is 1. The van der Waals surface area contributed by atoms with Crippen molar-refractivity contribution in [2.45, 2.75) is 19.6 Å². The van der Waals surface area contributed by atoms with Crippen LogP contribution in [0.25, 0.3) is 10.8 Å². The number of hydrogen-bond acceptors (Lipinski definition) is 3. The molecule has 1 aromatic carbocycles. The summed E-state index contributed by atoms with van der Waals surface area (Å²) in [5.41, 5.74) is 2.39. The maximum Gasteiger partial charge on any atom is 0.159 e. The maximum absolute atomic E-state index is 13.5. The number of halogens is 2. The van der Waals surface area contributed by atoms with E-state index in [1.807, 2.05) is 7.05 Å². The van der Waals surface area contributed by atoms with Crippen LogP contribution in [0.4, 0.5) is 8.78 Å². The molecule has 1 unspecified atom stereocenters. The average molecular weight is 264 g/mol. The second kappa shape index (κ2) is 4.51. The Morgan fingerprint density at radius 1 is 1.26 bits per heavy atom. The van der Waals surface area contributed by atoms with Crippen LogP contribution >= 0.6 is 0 Å². The molecule has 0 spiro atoms. The van der Waals surface area contributed by atoms with E-state index in [0.29, 0.717) is 29.7 Å². The fourth-order valence-electron chi connectivity index (χ4n) is 2.63. The summed E-state index contributed by atoms with van der Waals surface area (Å²) in [5.74, 6) is -1.67. The molecule has 1 aromatic heterocycles. The van der Waals surface area contributed by atoms with Crippen LogP contribution in [0, 0.1) is 18.6 Å². The minimum Gasteiger partial charge on any atom is -0.373 e. The zero-order valence-corrected chi connectivity index (χ0v) is 10.8. The first-order chi connectivity index (χ1) is 9.11. The van der Waals surface area contributed by atoms with Gasteiger partial charge in [-0.1, -0.05) is 0 Å². The topological polar surface area (TPSA) is 34.1 Å². The average Bonchev–Trinajstić information content (AvgIpc) is 2.40. The van der Waals surface area contributed by atoms with E-state index in [2.05, 4.69) is 10.3 Å². The summed E-state index contributed by atoms with van der Waals surface area (Å²) in [6.45, 7) is 2.70. The van der Waals surface area contributed by atoms with Crippen molar-refractivity contribution in [3.05, 3.63) is 40.7 Å². The molecule has 1 atom stereocenters. The van der Waals surface area contributed by atoms with Gasteiger partial charge in [-0.3, -0.25) is 4.98 Å². The number of benzene rings is 1. The van der Waals surface area contributed by atoms with E-state index in [1.165, 1.54) is 12.1 Å². The van der Waals surface area contributed by atoms with Crippen LogP contribution in [0.2, 0.25) is 0 Å². The van der Waals surface area contributed by atoms with Gasteiger partial charge in [0.15, 0.2) is 11.6 Å². The number of hydrogen-bond donors (Lipinski definition) is 1. The van der Waals surface area contributed by atoms with Gasteiger partial charge in [-0.2, -0.15) is 0 Å². The third kappa shape index (κ3) is 1.89. The predicted octanol–water partition coefficient (Wildman–Crippen LogP) is 2.61. The second-order valence-corrected chi connectivity index (χ2v) is 4.73. The maximum atomic E-state index is 13.5. The van der Waals surface area contributed by atoms with E-state index in [-0.39, 0.29) is 6.04 Å². The summed E-state index contributed by atoms with van der Waals surface area (Å²) in [7, 11) is 1.81. The quantitative estimate of drug-likeness (QED) is 0.859.